The van der Waals surface area contributed by atoms with E-state index >= 15 is 0 Å². The first-order chi connectivity index (χ1) is 6.22. The number of rotatable bonds is 1. The molecule has 0 saturated carbocycles. The van der Waals surface area contributed by atoms with Crippen molar-refractivity contribution in [1.29, 1.82) is 0 Å². The summed E-state index contributed by atoms with van der Waals surface area (Å²) in [4.78, 5) is 0. The van der Waals surface area contributed by atoms with Crippen molar-refractivity contribution >= 4 is 11.3 Å². The standard InChI is InChI=1S/C9H11F2NS/c1-12-5-2-3-6-7(4-5)9(11)13-8(6)10/h5,12H,2-4H2,1H3. The lowest BCUT2D eigenvalue weighted by Crippen LogP contribution is -2.31. The molecular weight excluding hydrogens is 192 g/mol. The van der Waals surface area contributed by atoms with Gasteiger partial charge in [0.1, 0.15) is 0 Å². The normalized spacial score (nSPS) is 21.6. The molecule has 0 bridgehead atoms. The molecule has 0 aromatic carbocycles. The average molecular weight is 203 g/mol. The summed E-state index contributed by atoms with van der Waals surface area (Å²) in [5.74, 6) is 0. The zero-order chi connectivity index (χ0) is 9.42. The average Bonchev–Trinajstić information content (AvgIpc) is 2.42. The third kappa shape index (κ3) is 1.48. The Morgan fingerprint density at radius 2 is 2.00 bits per heavy atom. The first kappa shape index (κ1) is 9.09. The maximum atomic E-state index is 13.2. The van der Waals surface area contributed by atoms with E-state index in [4.69, 9.17) is 0 Å². The zero-order valence-corrected chi connectivity index (χ0v) is 8.18. The molecule has 1 aromatic heterocycles. The summed E-state index contributed by atoms with van der Waals surface area (Å²) in [6.07, 6.45) is 2.18. The van der Waals surface area contributed by atoms with Gasteiger partial charge in [0, 0.05) is 17.2 Å². The number of likely N-dealkylation sites (N-methyl/N-ethyl adjacent to an activating group) is 1. The second kappa shape index (κ2) is 3.35. The van der Waals surface area contributed by atoms with Gasteiger partial charge in [0.05, 0.1) is 0 Å². The number of thiophene rings is 1. The first-order valence-electron chi connectivity index (χ1n) is 4.35. The molecule has 0 amide bonds. The summed E-state index contributed by atoms with van der Waals surface area (Å²) in [7, 11) is 1.86. The van der Waals surface area contributed by atoms with E-state index in [1.807, 2.05) is 7.05 Å². The SMILES string of the molecule is CNC1CCc2c(F)sc(F)c2C1. The molecule has 4 heteroatoms. The fourth-order valence-electron chi connectivity index (χ4n) is 1.81. The number of hydrogen-bond acceptors (Lipinski definition) is 2. The molecule has 1 heterocycles. The summed E-state index contributed by atoms with van der Waals surface area (Å²) >= 11 is 0.636. The Labute approximate surface area is 79.8 Å². The van der Waals surface area contributed by atoms with Crippen LogP contribution in [0.5, 0.6) is 0 Å². The molecule has 0 fully saturated rings. The third-order valence-electron chi connectivity index (χ3n) is 2.62. The van der Waals surface area contributed by atoms with Crippen molar-refractivity contribution in [1.82, 2.24) is 5.32 Å². The van der Waals surface area contributed by atoms with E-state index < -0.39 is 0 Å². The van der Waals surface area contributed by atoms with Crippen molar-refractivity contribution < 1.29 is 8.78 Å². The largest absolute Gasteiger partial charge is 0.317 e. The highest BCUT2D eigenvalue weighted by molar-refractivity contribution is 7.08. The summed E-state index contributed by atoms with van der Waals surface area (Å²) in [6, 6.07) is 0.302. The fraction of sp³-hybridized carbons (Fsp3) is 0.556. The van der Waals surface area contributed by atoms with Crippen molar-refractivity contribution in [2.24, 2.45) is 0 Å². The lowest BCUT2D eigenvalue weighted by Gasteiger charge is -2.21. The zero-order valence-electron chi connectivity index (χ0n) is 7.36. The van der Waals surface area contributed by atoms with Gasteiger partial charge in [0.2, 0.25) is 0 Å². The van der Waals surface area contributed by atoms with Crippen molar-refractivity contribution in [2.75, 3.05) is 7.05 Å². The van der Waals surface area contributed by atoms with Crippen molar-refractivity contribution in [3.05, 3.63) is 21.4 Å². The Hall–Kier alpha value is -0.480. The third-order valence-corrected chi connectivity index (χ3v) is 3.47. The van der Waals surface area contributed by atoms with Crippen LogP contribution < -0.4 is 5.32 Å². The minimum Gasteiger partial charge on any atom is -0.317 e. The molecule has 0 radical (unpaired) electrons. The molecule has 1 aromatic rings. The molecule has 2 rings (SSSR count). The van der Waals surface area contributed by atoms with Gasteiger partial charge >= 0.3 is 0 Å². The molecule has 1 aliphatic rings. The Kier molecular flexibility index (Phi) is 2.34. The minimum atomic E-state index is -0.340. The second-order valence-corrected chi connectivity index (χ2v) is 4.26. The van der Waals surface area contributed by atoms with Crippen molar-refractivity contribution in [3.8, 4) is 0 Å². The van der Waals surface area contributed by atoms with Crippen LogP contribution in [0.1, 0.15) is 17.5 Å². The molecule has 0 aliphatic heterocycles. The summed E-state index contributed by atoms with van der Waals surface area (Å²) in [6.45, 7) is 0. The molecule has 1 N–H and O–H groups in total. The first-order valence-corrected chi connectivity index (χ1v) is 5.16. The summed E-state index contributed by atoms with van der Waals surface area (Å²) < 4.78 is 26.2. The van der Waals surface area contributed by atoms with Gasteiger partial charge in [-0.25, -0.2) is 0 Å². The van der Waals surface area contributed by atoms with Gasteiger partial charge in [-0.3, -0.25) is 0 Å². The van der Waals surface area contributed by atoms with Gasteiger partial charge in [-0.1, -0.05) is 11.3 Å². The van der Waals surface area contributed by atoms with E-state index in [1.54, 1.807) is 0 Å². The minimum absolute atomic E-state index is 0.302. The summed E-state index contributed by atoms with van der Waals surface area (Å²) in [5.41, 5.74) is 1.20. The van der Waals surface area contributed by atoms with Crippen molar-refractivity contribution in [3.63, 3.8) is 0 Å². The van der Waals surface area contributed by atoms with Crippen LogP contribution in [0.3, 0.4) is 0 Å². The van der Waals surface area contributed by atoms with E-state index in [2.05, 4.69) is 5.32 Å². The molecule has 0 saturated heterocycles. The maximum Gasteiger partial charge on any atom is 0.182 e. The highest BCUT2D eigenvalue weighted by atomic mass is 32.1. The van der Waals surface area contributed by atoms with Crippen LogP contribution in [0.4, 0.5) is 8.78 Å². The van der Waals surface area contributed by atoms with Gasteiger partial charge in [0.15, 0.2) is 10.3 Å². The van der Waals surface area contributed by atoms with E-state index in [9.17, 15) is 8.78 Å². The van der Waals surface area contributed by atoms with Crippen LogP contribution >= 0.6 is 11.3 Å². The Bertz CT molecular complexity index is 322. The number of fused-ring (bicyclic) bond motifs is 1. The predicted molar refractivity (Wildman–Crippen MR) is 49.1 cm³/mol. The number of halogens is 2. The van der Waals surface area contributed by atoms with Gasteiger partial charge in [-0.2, -0.15) is 8.78 Å². The molecule has 72 valence electrons. The fourth-order valence-corrected chi connectivity index (χ4v) is 2.64. The van der Waals surface area contributed by atoms with Crippen LogP contribution in [0.25, 0.3) is 0 Å². The molecule has 0 spiro atoms. The molecular formula is C9H11F2NS. The Morgan fingerprint density at radius 3 is 2.69 bits per heavy atom. The smallest absolute Gasteiger partial charge is 0.182 e. The Morgan fingerprint density at radius 1 is 1.31 bits per heavy atom. The number of hydrogen-bond donors (Lipinski definition) is 1. The van der Waals surface area contributed by atoms with Crippen LogP contribution in [0.15, 0.2) is 0 Å². The molecule has 13 heavy (non-hydrogen) atoms. The quantitative estimate of drug-likeness (QED) is 0.737. The van der Waals surface area contributed by atoms with Crippen LogP contribution in [-0.4, -0.2) is 13.1 Å². The van der Waals surface area contributed by atoms with E-state index in [0.29, 0.717) is 41.3 Å². The van der Waals surface area contributed by atoms with Crippen LogP contribution in [0, 0.1) is 10.3 Å². The summed E-state index contributed by atoms with van der Waals surface area (Å²) in [5, 5.41) is 2.43. The van der Waals surface area contributed by atoms with Gasteiger partial charge in [-0.05, 0) is 26.3 Å². The Balaban J connectivity index is 2.33. The lowest BCUT2D eigenvalue weighted by atomic mass is 9.91. The van der Waals surface area contributed by atoms with Gasteiger partial charge in [-0.15, -0.1) is 0 Å². The molecule has 1 aliphatic carbocycles. The van der Waals surface area contributed by atoms with Gasteiger partial charge in [0.25, 0.3) is 0 Å². The highest BCUT2D eigenvalue weighted by Crippen LogP contribution is 2.31. The number of nitrogens with one attached hydrogen (secondary N) is 1. The molecule has 1 atom stereocenters. The van der Waals surface area contributed by atoms with Crippen molar-refractivity contribution in [2.45, 2.75) is 25.3 Å². The van der Waals surface area contributed by atoms with E-state index in [1.165, 1.54) is 0 Å². The predicted octanol–water partition coefficient (Wildman–Crippen LogP) is 2.10. The van der Waals surface area contributed by atoms with E-state index in [0.717, 1.165) is 6.42 Å². The maximum absolute atomic E-state index is 13.2. The topological polar surface area (TPSA) is 12.0 Å². The van der Waals surface area contributed by atoms with Crippen LogP contribution in [0.2, 0.25) is 0 Å². The lowest BCUT2D eigenvalue weighted by molar-refractivity contribution is 0.476. The highest BCUT2D eigenvalue weighted by Gasteiger charge is 2.25. The molecule has 1 nitrogen and oxygen atoms in total. The second-order valence-electron chi connectivity index (χ2n) is 3.33. The monoisotopic (exact) mass is 203 g/mol. The van der Waals surface area contributed by atoms with E-state index in [-0.39, 0.29) is 10.3 Å². The molecule has 1 unspecified atom stereocenters. The van der Waals surface area contributed by atoms with Gasteiger partial charge < -0.3 is 5.32 Å². The van der Waals surface area contributed by atoms with Crippen LogP contribution in [-0.2, 0) is 12.8 Å².